The molecule has 1 aliphatic rings. The summed E-state index contributed by atoms with van der Waals surface area (Å²) in [6.07, 6.45) is 6.34. The molecule has 0 aromatic carbocycles. The van der Waals surface area contributed by atoms with E-state index in [4.69, 9.17) is 4.74 Å². The van der Waals surface area contributed by atoms with Crippen molar-refractivity contribution in [3.05, 3.63) is 22.4 Å². The molecule has 4 heteroatoms. The molecule has 13 heavy (non-hydrogen) atoms. The molecular weight excluding hydrogens is 234 g/mol. The predicted molar refractivity (Wildman–Crippen MR) is 51.0 cm³/mol. The second-order valence-corrected chi connectivity index (χ2v) is 3.83. The Balaban J connectivity index is 2.32. The van der Waals surface area contributed by atoms with Gasteiger partial charge >= 0.3 is 0 Å². The fraction of sp³-hybridized carbons (Fsp3) is 0.333. The molecule has 3 nitrogen and oxygen atoms in total. The fourth-order valence-electron chi connectivity index (χ4n) is 0.999. The zero-order valence-electron chi connectivity index (χ0n) is 6.87. The molecular formula is C9H8BrNO2. The molecule has 0 spiro atoms. The van der Waals surface area contributed by atoms with Gasteiger partial charge in [-0.05, 0) is 28.8 Å². The zero-order valence-corrected chi connectivity index (χ0v) is 8.45. The molecule has 0 saturated heterocycles. The van der Waals surface area contributed by atoms with Crippen molar-refractivity contribution in [3.63, 3.8) is 0 Å². The van der Waals surface area contributed by atoms with E-state index in [1.54, 1.807) is 6.20 Å². The highest BCUT2D eigenvalue weighted by Crippen LogP contribution is 2.33. The largest absolute Gasteiger partial charge is 0.488 e. The first-order valence-electron chi connectivity index (χ1n) is 4.06. The van der Waals surface area contributed by atoms with Gasteiger partial charge in [-0.2, -0.15) is 0 Å². The zero-order chi connectivity index (χ0) is 9.26. The van der Waals surface area contributed by atoms with Crippen molar-refractivity contribution >= 4 is 22.2 Å². The van der Waals surface area contributed by atoms with Crippen LogP contribution < -0.4 is 4.74 Å². The van der Waals surface area contributed by atoms with Crippen LogP contribution in [0.2, 0.25) is 0 Å². The van der Waals surface area contributed by atoms with Crippen molar-refractivity contribution in [3.8, 4) is 5.75 Å². The first-order chi connectivity index (χ1) is 6.31. The van der Waals surface area contributed by atoms with Crippen molar-refractivity contribution in [2.24, 2.45) is 0 Å². The van der Waals surface area contributed by atoms with Gasteiger partial charge in [0, 0.05) is 12.4 Å². The molecule has 0 unspecified atom stereocenters. The molecule has 0 amide bonds. The number of carbonyl (C=O) groups is 1. The number of rotatable bonds is 3. The number of halogens is 1. The lowest BCUT2D eigenvalue weighted by molar-refractivity contribution is 0.111. The van der Waals surface area contributed by atoms with Gasteiger partial charge in [-0.25, -0.2) is 0 Å². The average Bonchev–Trinajstić information content (AvgIpc) is 2.92. The Morgan fingerprint density at radius 1 is 1.54 bits per heavy atom. The number of carbonyl (C=O) groups excluding carboxylic acids is 1. The standard InChI is InChI=1S/C9H8BrNO2/c10-8-4-11-3-6(5-12)9(8)13-7-1-2-7/h3-5,7H,1-2H2. The Kier molecular flexibility index (Phi) is 2.31. The summed E-state index contributed by atoms with van der Waals surface area (Å²) in [5.74, 6) is 0.618. The second kappa shape index (κ2) is 3.46. The van der Waals surface area contributed by atoms with Crippen LogP contribution in [0.5, 0.6) is 5.75 Å². The molecule has 0 aliphatic heterocycles. The van der Waals surface area contributed by atoms with Crippen LogP contribution >= 0.6 is 15.9 Å². The van der Waals surface area contributed by atoms with Crippen LogP contribution in [0.3, 0.4) is 0 Å². The van der Waals surface area contributed by atoms with Crippen LogP contribution in [-0.4, -0.2) is 17.4 Å². The Morgan fingerprint density at radius 2 is 2.31 bits per heavy atom. The van der Waals surface area contributed by atoms with E-state index in [1.807, 2.05) is 0 Å². The fourth-order valence-corrected chi connectivity index (χ4v) is 1.44. The number of nitrogens with zero attached hydrogens (tertiary/aromatic N) is 1. The summed E-state index contributed by atoms with van der Waals surface area (Å²) in [5, 5.41) is 0. The Bertz CT molecular complexity index is 336. The van der Waals surface area contributed by atoms with Gasteiger partial charge < -0.3 is 4.74 Å². The minimum atomic E-state index is 0.289. The molecule has 1 aromatic heterocycles. The molecule has 0 bridgehead atoms. The number of pyridine rings is 1. The molecule has 1 fully saturated rings. The average molecular weight is 242 g/mol. The van der Waals surface area contributed by atoms with Gasteiger partial charge in [0.15, 0.2) is 6.29 Å². The highest BCUT2D eigenvalue weighted by atomic mass is 79.9. The molecule has 68 valence electrons. The topological polar surface area (TPSA) is 39.2 Å². The summed E-state index contributed by atoms with van der Waals surface area (Å²) in [4.78, 5) is 14.5. The molecule has 1 heterocycles. The van der Waals surface area contributed by atoms with Crippen LogP contribution in [0, 0.1) is 0 Å². The lowest BCUT2D eigenvalue weighted by Gasteiger charge is -2.07. The smallest absolute Gasteiger partial charge is 0.155 e. The highest BCUT2D eigenvalue weighted by Gasteiger charge is 2.25. The Labute approximate surface area is 84.2 Å². The van der Waals surface area contributed by atoms with Crippen LogP contribution in [-0.2, 0) is 0 Å². The van der Waals surface area contributed by atoms with Crippen LogP contribution in [0.25, 0.3) is 0 Å². The summed E-state index contributed by atoms with van der Waals surface area (Å²) in [6, 6.07) is 0. The minimum Gasteiger partial charge on any atom is -0.488 e. The lowest BCUT2D eigenvalue weighted by atomic mass is 10.3. The number of hydrogen-bond acceptors (Lipinski definition) is 3. The van der Waals surface area contributed by atoms with E-state index < -0.39 is 0 Å². The maximum Gasteiger partial charge on any atom is 0.155 e. The monoisotopic (exact) mass is 241 g/mol. The first kappa shape index (κ1) is 8.69. The van der Waals surface area contributed by atoms with E-state index in [2.05, 4.69) is 20.9 Å². The van der Waals surface area contributed by atoms with Gasteiger partial charge in [0.2, 0.25) is 0 Å². The van der Waals surface area contributed by atoms with E-state index >= 15 is 0 Å². The number of ether oxygens (including phenoxy) is 1. The van der Waals surface area contributed by atoms with Crippen molar-refractivity contribution in [2.45, 2.75) is 18.9 Å². The van der Waals surface area contributed by atoms with Gasteiger partial charge in [0.1, 0.15) is 5.75 Å². The van der Waals surface area contributed by atoms with E-state index in [0.29, 0.717) is 11.3 Å². The molecule has 1 saturated carbocycles. The van der Waals surface area contributed by atoms with Crippen molar-refractivity contribution < 1.29 is 9.53 Å². The van der Waals surface area contributed by atoms with Gasteiger partial charge in [-0.3, -0.25) is 9.78 Å². The van der Waals surface area contributed by atoms with Gasteiger partial charge in [-0.1, -0.05) is 0 Å². The van der Waals surface area contributed by atoms with Crippen molar-refractivity contribution in [2.75, 3.05) is 0 Å². The summed E-state index contributed by atoms with van der Waals surface area (Å²) in [6.45, 7) is 0. The lowest BCUT2D eigenvalue weighted by Crippen LogP contribution is -2.00. The predicted octanol–water partition coefficient (Wildman–Crippen LogP) is 2.20. The third-order valence-corrected chi connectivity index (χ3v) is 2.38. The quantitative estimate of drug-likeness (QED) is 0.762. The number of hydrogen-bond donors (Lipinski definition) is 0. The van der Waals surface area contributed by atoms with Gasteiger partial charge in [-0.15, -0.1) is 0 Å². The molecule has 0 N–H and O–H groups in total. The minimum absolute atomic E-state index is 0.289. The normalized spacial score (nSPS) is 15.5. The van der Waals surface area contributed by atoms with Gasteiger partial charge in [0.05, 0.1) is 16.1 Å². The molecule has 0 radical (unpaired) electrons. The summed E-state index contributed by atoms with van der Waals surface area (Å²) < 4.78 is 6.30. The molecule has 1 aliphatic carbocycles. The van der Waals surface area contributed by atoms with Crippen LogP contribution in [0.1, 0.15) is 23.2 Å². The Hall–Kier alpha value is -0.900. The summed E-state index contributed by atoms with van der Waals surface area (Å²) in [5.41, 5.74) is 0.501. The van der Waals surface area contributed by atoms with E-state index in [9.17, 15) is 4.79 Å². The third kappa shape index (κ3) is 1.88. The Morgan fingerprint density at radius 3 is 2.92 bits per heavy atom. The SMILES string of the molecule is O=Cc1cncc(Br)c1OC1CC1. The van der Waals surface area contributed by atoms with E-state index in [-0.39, 0.29) is 6.10 Å². The van der Waals surface area contributed by atoms with Gasteiger partial charge in [0.25, 0.3) is 0 Å². The van der Waals surface area contributed by atoms with E-state index in [1.165, 1.54) is 6.20 Å². The van der Waals surface area contributed by atoms with Crippen molar-refractivity contribution in [1.29, 1.82) is 0 Å². The maximum absolute atomic E-state index is 10.6. The van der Waals surface area contributed by atoms with Crippen LogP contribution in [0.4, 0.5) is 0 Å². The second-order valence-electron chi connectivity index (χ2n) is 2.97. The third-order valence-electron chi connectivity index (χ3n) is 1.82. The molecule has 2 rings (SSSR count). The summed E-state index contributed by atoms with van der Waals surface area (Å²) in [7, 11) is 0. The number of aldehydes is 1. The molecule has 1 aromatic rings. The molecule has 0 atom stereocenters. The van der Waals surface area contributed by atoms with E-state index in [0.717, 1.165) is 23.6 Å². The maximum atomic E-state index is 10.6. The number of aromatic nitrogens is 1. The highest BCUT2D eigenvalue weighted by molar-refractivity contribution is 9.10. The first-order valence-corrected chi connectivity index (χ1v) is 4.86. The van der Waals surface area contributed by atoms with Crippen molar-refractivity contribution in [1.82, 2.24) is 4.98 Å². The summed E-state index contributed by atoms with van der Waals surface area (Å²) >= 11 is 3.30. The van der Waals surface area contributed by atoms with Crippen LogP contribution in [0.15, 0.2) is 16.9 Å².